The maximum absolute atomic E-state index is 13.3. The van der Waals surface area contributed by atoms with E-state index in [1.807, 2.05) is 108 Å². The van der Waals surface area contributed by atoms with E-state index >= 15 is 0 Å². The Kier molecular flexibility index (Phi) is 18.8. The molecule has 0 saturated carbocycles. The molecule has 11 atom stereocenters. The van der Waals surface area contributed by atoms with Gasteiger partial charge in [0.1, 0.15) is 55.4 Å². The minimum atomic E-state index is -1.93. The van der Waals surface area contributed by atoms with Gasteiger partial charge in [0.15, 0.2) is 24.5 Å². The van der Waals surface area contributed by atoms with Crippen molar-refractivity contribution in [3.05, 3.63) is 94.7 Å². The van der Waals surface area contributed by atoms with E-state index in [4.69, 9.17) is 23.7 Å². The van der Waals surface area contributed by atoms with Crippen molar-refractivity contribution in [3.63, 3.8) is 0 Å². The normalized spacial score (nSPS) is 32.9. The standard InChI is InChI=1S/C43H60O15/c1-8-12-24(2)13-9-10-14-25(3)15-11-16-26(4)17-18-28-27(5)34(47)29(21-43(28,6)7)55-33(46)20-19-32(45)54-23-31-40(37(50)38(51)41(53)56-31)58-42-39(52)36(49)35(48)30(22-44)57-42/h8-18,29-31,35-42,44,48-53H,19-23H2,1-7H3/b10-9+,12-8+,15-11+,18-17+,24-13+,25-14+,26-16+. The number of rotatable bonds is 16. The van der Waals surface area contributed by atoms with Crippen molar-refractivity contribution in [1.82, 2.24) is 0 Å². The molecule has 58 heavy (non-hydrogen) atoms. The Balaban J connectivity index is 1.55. The van der Waals surface area contributed by atoms with Crippen LogP contribution in [0.25, 0.3) is 0 Å². The summed E-state index contributed by atoms with van der Waals surface area (Å²) in [5, 5.41) is 70.8. The molecule has 15 nitrogen and oxygen atoms in total. The summed E-state index contributed by atoms with van der Waals surface area (Å²) in [5.41, 5.74) is 3.94. The zero-order chi connectivity index (χ0) is 43.3. The molecular weight excluding hydrogens is 756 g/mol. The lowest BCUT2D eigenvalue weighted by molar-refractivity contribution is -0.355. The fourth-order valence-corrected chi connectivity index (χ4v) is 6.63. The van der Waals surface area contributed by atoms with Crippen LogP contribution >= 0.6 is 0 Å². The molecule has 0 aromatic heterocycles. The lowest BCUT2D eigenvalue weighted by atomic mass is 9.71. The van der Waals surface area contributed by atoms with Gasteiger partial charge >= 0.3 is 11.9 Å². The summed E-state index contributed by atoms with van der Waals surface area (Å²) < 4.78 is 26.8. The second-order valence-corrected chi connectivity index (χ2v) is 15.3. The van der Waals surface area contributed by atoms with Gasteiger partial charge in [-0.3, -0.25) is 14.4 Å². The third-order valence-corrected chi connectivity index (χ3v) is 10.00. The highest BCUT2D eigenvalue weighted by molar-refractivity contribution is 6.01. The third kappa shape index (κ3) is 13.6. The lowest BCUT2D eigenvalue weighted by Crippen LogP contribution is -2.64. The van der Waals surface area contributed by atoms with E-state index in [1.54, 1.807) is 6.92 Å². The number of esters is 2. The summed E-state index contributed by atoms with van der Waals surface area (Å²) in [6, 6.07) is 0. The number of aliphatic hydroxyl groups excluding tert-OH is 7. The summed E-state index contributed by atoms with van der Waals surface area (Å²) in [5.74, 6) is -2.07. The Bertz CT molecular complexity index is 1680. The molecule has 2 saturated heterocycles. The van der Waals surface area contributed by atoms with Gasteiger partial charge in [0, 0.05) is 6.42 Å². The lowest BCUT2D eigenvalue weighted by Gasteiger charge is -2.45. The number of aliphatic hydroxyl groups is 7. The van der Waals surface area contributed by atoms with Crippen LogP contribution in [0.15, 0.2) is 94.7 Å². The largest absolute Gasteiger partial charge is 0.463 e. The van der Waals surface area contributed by atoms with Gasteiger partial charge in [-0.25, -0.2) is 0 Å². The van der Waals surface area contributed by atoms with Crippen molar-refractivity contribution in [1.29, 1.82) is 0 Å². The number of hydrogen-bond acceptors (Lipinski definition) is 15. The molecule has 3 rings (SSSR count). The Morgan fingerprint density at radius 2 is 1.38 bits per heavy atom. The Hall–Kier alpha value is -3.87. The Morgan fingerprint density at radius 1 is 0.776 bits per heavy atom. The fourth-order valence-electron chi connectivity index (χ4n) is 6.63. The number of carbonyl (C=O) groups is 3. The SMILES string of the molecule is C/C=C/C(C)=C/C=C/C=C(C)/C=C/C=C(C)/C=C/C1=C(C)C(=O)C(OC(=O)CCC(=O)OCC2OC(O)C(O)C(O)C2OC2OC(CO)C(O)C(O)C2O)CC1(C)C. The van der Waals surface area contributed by atoms with E-state index < -0.39 is 111 Å². The molecule has 0 radical (unpaired) electrons. The van der Waals surface area contributed by atoms with Gasteiger partial charge in [0.05, 0.1) is 19.4 Å². The molecule has 1 aliphatic carbocycles. The third-order valence-electron chi connectivity index (χ3n) is 10.00. The van der Waals surface area contributed by atoms with Crippen molar-refractivity contribution >= 4 is 17.7 Å². The van der Waals surface area contributed by atoms with E-state index in [-0.39, 0.29) is 12.2 Å². The molecule has 0 aromatic carbocycles. The molecular formula is C43H60O15. The molecule has 15 heteroatoms. The molecule has 0 aromatic rings. The highest BCUT2D eigenvalue weighted by Crippen LogP contribution is 2.41. The van der Waals surface area contributed by atoms with E-state index in [2.05, 4.69) is 0 Å². The second-order valence-electron chi connectivity index (χ2n) is 15.3. The van der Waals surface area contributed by atoms with Gasteiger partial charge in [0.2, 0.25) is 0 Å². The molecule has 0 amide bonds. The van der Waals surface area contributed by atoms with Gasteiger partial charge in [-0.05, 0) is 51.2 Å². The monoisotopic (exact) mass is 816 g/mol. The highest BCUT2D eigenvalue weighted by Gasteiger charge is 2.50. The smallest absolute Gasteiger partial charge is 0.307 e. The molecule has 0 bridgehead atoms. The van der Waals surface area contributed by atoms with E-state index in [0.717, 1.165) is 22.3 Å². The van der Waals surface area contributed by atoms with Crippen LogP contribution in [0.2, 0.25) is 0 Å². The first-order valence-electron chi connectivity index (χ1n) is 19.2. The molecule has 2 heterocycles. The molecule has 2 fully saturated rings. The van der Waals surface area contributed by atoms with Crippen LogP contribution in [0.5, 0.6) is 0 Å². The van der Waals surface area contributed by atoms with Crippen molar-refractivity contribution in [3.8, 4) is 0 Å². The van der Waals surface area contributed by atoms with Gasteiger partial charge in [-0.15, -0.1) is 0 Å². The van der Waals surface area contributed by atoms with E-state index in [1.165, 1.54) is 0 Å². The second kappa shape index (κ2) is 22.5. The predicted octanol–water partition coefficient (Wildman–Crippen LogP) is 2.24. The first-order chi connectivity index (χ1) is 27.3. The van der Waals surface area contributed by atoms with Crippen molar-refractivity contribution < 1.29 is 73.8 Å². The number of carbonyl (C=O) groups excluding carboxylic acids is 3. The Morgan fingerprint density at radius 3 is 2.02 bits per heavy atom. The number of Topliss-reactive ketones (excluding diaryl/α,β-unsaturated/α-hetero) is 1. The van der Waals surface area contributed by atoms with Crippen LogP contribution < -0.4 is 0 Å². The predicted molar refractivity (Wildman–Crippen MR) is 211 cm³/mol. The maximum Gasteiger partial charge on any atom is 0.307 e. The average Bonchev–Trinajstić information content (AvgIpc) is 3.17. The van der Waals surface area contributed by atoms with Crippen LogP contribution in [0.1, 0.15) is 67.7 Å². The topological polar surface area (TPSA) is 239 Å². The minimum Gasteiger partial charge on any atom is -0.463 e. The van der Waals surface area contributed by atoms with Gasteiger partial charge in [-0.2, -0.15) is 0 Å². The molecule has 7 N–H and O–H groups in total. The minimum absolute atomic E-state index is 0.216. The number of ether oxygens (including phenoxy) is 5. The summed E-state index contributed by atoms with van der Waals surface area (Å²) in [6.45, 7) is 12.1. The van der Waals surface area contributed by atoms with Crippen molar-refractivity contribution in [2.75, 3.05) is 13.2 Å². The van der Waals surface area contributed by atoms with E-state index in [9.17, 15) is 50.1 Å². The maximum atomic E-state index is 13.3. The van der Waals surface area contributed by atoms with Gasteiger partial charge < -0.3 is 59.4 Å². The summed E-state index contributed by atoms with van der Waals surface area (Å²) in [6.07, 6.45) is 2.82. The van der Waals surface area contributed by atoms with Crippen LogP contribution in [-0.4, -0.2) is 134 Å². The summed E-state index contributed by atoms with van der Waals surface area (Å²) in [7, 11) is 0. The van der Waals surface area contributed by atoms with Crippen molar-refractivity contribution in [2.45, 2.75) is 135 Å². The summed E-state index contributed by atoms with van der Waals surface area (Å²) in [4.78, 5) is 38.8. The molecule has 0 spiro atoms. The quantitative estimate of drug-likeness (QED) is 0.0874. The number of ketones is 1. The number of hydrogen-bond donors (Lipinski definition) is 7. The first-order valence-corrected chi connectivity index (χ1v) is 19.2. The first kappa shape index (κ1) is 48.5. The average molecular weight is 817 g/mol. The zero-order valence-electron chi connectivity index (χ0n) is 34.1. The zero-order valence-corrected chi connectivity index (χ0v) is 34.1. The van der Waals surface area contributed by atoms with Gasteiger partial charge in [-0.1, -0.05) is 97.4 Å². The Labute approximate surface area is 339 Å². The molecule has 11 unspecified atom stereocenters. The number of allylic oxidation sites excluding steroid dienone is 15. The van der Waals surface area contributed by atoms with Gasteiger partial charge in [0.25, 0.3) is 0 Å². The highest BCUT2D eigenvalue weighted by atomic mass is 16.7. The van der Waals surface area contributed by atoms with Crippen LogP contribution in [0, 0.1) is 5.41 Å². The van der Waals surface area contributed by atoms with Crippen LogP contribution in [-0.2, 0) is 38.1 Å². The summed E-state index contributed by atoms with van der Waals surface area (Å²) >= 11 is 0. The van der Waals surface area contributed by atoms with E-state index in [0.29, 0.717) is 5.57 Å². The van der Waals surface area contributed by atoms with Crippen LogP contribution in [0.4, 0.5) is 0 Å². The van der Waals surface area contributed by atoms with Crippen molar-refractivity contribution in [2.24, 2.45) is 5.41 Å². The molecule has 322 valence electrons. The van der Waals surface area contributed by atoms with Crippen LogP contribution in [0.3, 0.4) is 0 Å². The molecule has 3 aliphatic rings. The molecule has 2 aliphatic heterocycles. The fraction of sp³-hybridized carbons (Fsp3) is 0.558.